The molecule has 0 aliphatic heterocycles. The summed E-state index contributed by atoms with van der Waals surface area (Å²) in [7, 11) is 0. The summed E-state index contributed by atoms with van der Waals surface area (Å²) in [4.78, 5) is 10.7. The van der Waals surface area contributed by atoms with Gasteiger partial charge in [-0.05, 0) is 0 Å². The molecule has 0 saturated carbocycles. The summed E-state index contributed by atoms with van der Waals surface area (Å²) in [5.74, 6) is -0.444. The van der Waals surface area contributed by atoms with Gasteiger partial charge in [-0.2, -0.15) is 0 Å². The highest BCUT2D eigenvalue weighted by Gasteiger charge is 2.03. The van der Waals surface area contributed by atoms with E-state index in [4.69, 9.17) is 5.11 Å². The number of carbonyl (C=O) groups excluding carboxylic acids is 1. The Morgan fingerprint density at radius 1 is 1.75 bits per heavy atom. The van der Waals surface area contributed by atoms with Gasteiger partial charge in [0.2, 0.25) is 0 Å². The second-order valence-corrected chi connectivity index (χ2v) is 2.14. The van der Waals surface area contributed by atoms with Gasteiger partial charge in [0.05, 0.1) is 12.1 Å². The number of esters is 1. The molecule has 0 saturated heterocycles. The average Bonchev–Trinajstić information content (AvgIpc) is 2.53. The summed E-state index contributed by atoms with van der Waals surface area (Å²) >= 11 is 0. The number of hydrogen-bond acceptors (Lipinski definition) is 5. The molecule has 0 radical (unpaired) electrons. The molecule has 0 aromatic carbocycles. The topological polar surface area (TPSA) is 72.6 Å². The van der Waals surface area contributed by atoms with Crippen LogP contribution in [0.15, 0.2) is 16.9 Å². The molecule has 0 spiro atoms. The molecule has 1 heterocycles. The van der Waals surface area contributed by atoms with Crippen LogP contribution < -0.4 is 0 Å². The van der Waals surface area contributed by atoms with Gasteiger partial charge in [-0.25, -0.2) is 0 Å². The molecule has 0 aliphatic rings. The van der Waals surface area contributed by atoms with Crippen molar-refractivity contribution in [3.63, 3.8) is 0 Å². The van der Waals surface area contributed by atoms with Gasteiger partial charge in [0.25, 0.3) is 0 Å². The van der Waals surface area contributed by atoms with Gasteiger partial charge in [-0.15, -0.1) is 0 Å². The van der Waals surface area contributed by atoms with E-state index in [1.807, 2.05) is 0 Å². The van der Waals surface area contributed by atoms with Crippen molar-refractivity contribution in [3.8, 4) is 0 Å². The Bertz CT molecular complexity index is 232. The minimum absolute atomic E-state index is 0.201. The van der Waals surface area contributed by atoms with Crippen molar-refractivity contribution in [1.82, 2.24) is 5.16 Å². The van der Waals surface area contributed by atoms with Crippen LogP contribution in [0, 0.1) is 0 Å². The van der Waals surface area contributed by atoms with Gasteiger partial charge in [0.1, 0.15) is 6.26 Å². The maximum absolute atomic E-state index is 10.7. The standard InChI is InChI=1S/C7H9NO4/c9-5-11-7(10)2-1-6-3-4-12-8-6/h3-4,9H,1-2,5H2. The molecule has 0 fully saturated rings. The van der Waals surface area contributed by atoms with Gasteiger partial charge in [0, 0.05) is 12.5 Å². The number of carbonyl (C=O) groups is 1. The Balaban J connectivity index is 2.22. The van der Waals surface area contributed by atoms with Crippen molar-refractivity contribution in [2.75, 3.05) is 6.79 Å². The second-order valence-electron chi connectivity index (χ2n) is 2.14. The predicted octanol–water partition coefficient (Wildman–Crippen LogP) is 0.100. The normalized spacial score (nSPS) is 9.75. The zero-order chi connectivity index (χ0) is 8.81. The molecule has 5 heteroatoms. The number of aryl methyl sites for hydroxylation is 1. The van der Waals surface area contributed by atoms with Crippen LogP contribution in [0.4, 0.5) is 0 Å². The van der Waals surface area contributed by atoms with Gasteiger partial charge in [-0.3, -0.25) is 4.79 Å². The van der Waals surface area contributed by atoms with E-state index >= 15 is 0 Å². The highest BCUT2D eigenvalue weighted by atomic mass is 16.6. The number of aromatic nitrogens is 1. The number of ether oxygens (including phenoxy) is 1. The van der Waals surface area contributed by atoms with E-state index in [1.165, 1.54) is 6.26 Å². The highest BCUT2D eigenvalue weighted by molar-refractivity contribution is 5.69. The molecule has 1 aromatic rings. The molecule has 0 unspecified atom stereocenters. The average molecular weight is 171 g/mol. The number of nitrogens with zero attached hydrogens (tertiary/aromatic N) is 1. The molecule has 12 heavy (non-hydrogen) atoms. The first-order valence-corrected chi connectivity index (χ1v) is 3.48. The van der Waals surface area contributed by atoms with E-state index in [1.54, 1.807) is 6.07 Å². The van der Waals surface area contributed by atoms with Crippen LogP contribution in [-0.4, -0.2) is 23.0 Å². The molecule has 1 aromatic heterocycles. The van der Waals surface area contributed by atoms with Gasteiger partial charge >= 0.3 is 5.97 Å². The Kier molecular flexibility index (Phi) is 3.28. The molecule has 1 rings (SSSR count). The molecular weight excluding hydrogens is 162 g/mol. The van der Waals surface area contributed by atoms with Crippen LogP contribution in [0.25, 0.3) is 0 Å². The summed E-state index contributed by atoms with van der Waals surface area (Å²) in [6.45, 7) is -0.572. The van der Waals surface area contributed by atoms with Crippen molar-refractivity contribution in [2.45, 2.75) is 12.8 Å². The maximum Gasteiger partial charge on any atom is 0.308 e. The van der Waals surface area contributed by atoms with Crippen molar-refractivity contribution in [3.05, 3.63) is 18.0 Å². The van der Waals surface area contributed by atoms with E-state index in [-0.39, 0.29) is 6.42 Å². The number of rotatable bonds is 4. The quantitative estimate of drug-likeness (QED) is 0.513. The van der Waals surface area contributed by atoms with Crippen LogP contribution in [0.1, 0.15) is 12.1 Å². The Morgan fingerprint density at radius 2 is 2.58 bits per heavy atom. The number of hydrogen-bond donors (Lipinski definition) is 1. The predicted molar refractivity (Wildman–Crippen MR) is 38.0 cm³/mol. The van der Waals surface area contributed by atoms with Gasteiger partial charge in [-0.1, -0.05) is 5.16 Å². The van der Waals surface area contributed by atoms with Crippen molar-refractivity contribution in [1.29, 1.82) is 0 Å². The Labute approximate surface area is 68.9 Å². The fraction of sp³-hybridized carbons (Fsp3) is 0.429. The fourth-order valence-corrected chi connectivity index (χ4v) is 0.741. The minimum Gasteiger partial charge on any atom is -0.439 e. The van der Waals surface area contributed by atoms with E-state index in [9.17, 15) is 4.79 Å². The lowest BCUT2D eigenvalue weighted by molar-refractivity contribution is -0.151. The first-order valence-electron chi connectivity index (χ1n) is 3.48. The third-order valence-electron chi connectivity index (χ3n) is 1.30. The monoisotopic (exact) mass is 171 g/mol. The van der Waals surface area contributed by atoms with E-state index in [0.29, 0.717) is 12.1 Å². The molecule has 0 amide bonds. The van der Waals surface area contributed by atoms with Crippen LogP contribution in [0.2, 0.25) is 0 Å². The summed E-state index contributed by atoms with van der Waals surface area (Å²) in [6.07, 6.45) is 2.11. The number of aliphatic hydroxyl groups is 1. The number of aliphatic hydroxyl groups excluding tert-OH is 1. The molecule has 66 valence electrons. The highest BCUT2D eigenvalue weighted by Crippen LogP contribution is 1.99. The Hall–Kier alpha value is -1.36. The van der Waals surface area contributed by atoms with E-state index in [0.717, 1.165) is 0 Å². The lowest BCUT2D eigenvalue weighted by atomic mass is 10.2. The maximum atomic E-state index is 10.7. The van der Waals surface area contributed by atoms with Gasteiger partial charge < -0.3 is 14.4 Å². The second kappa shape index (κ2) is 4.50. The van der Waals surface area contributed by atoms with Crippen LogP contribution in [0.3, 0.4) is 0 Å². The van der Waals surface area contributed by atoms with Gasteiger partial charge in [0.15, 0.2) is 6.79 Å². The van der Waals surface area contributed by atoms with Crippen LogP contribution in [0.5, 0.6) is 0 Å². The van der Waals surface area contributed by atoms with Crippen LogP contribution >= 0.6 is 0 Å². The fourth-order valence-electron chi connectivity index (χ4n) is 0.741. The first-order chi connectivity index (χ1) is 5.83. The first kappa shape index (κ1) is 8.73. The third kappa shape index (κ3) is 2.71. The SMILES string of the molecule is O=C(CCc1ccon1)OCO. The van der Waals surface area contributed by atoms with E-state index < -0.39 is 12.8 Å². The lowest BCUT2D eigenvalue weighted by Crippen LogP contribution is -2.06. The summed E-state index contributed by atoms with van der Waals surface area (Å²) in [6, 6.07) is 1.67. The molecule has 0 aliphatic carbocycles. The molecule has 0 bridgehead atoms. The van der Waals surface area contributed by atoms with Crippen LogP contribution in [-0.2, 0) is 16.0 Å². The Morgan fingerprint density at radius 3 is 3.17 bits per heavy atom. The van der Waals surface area contributed by atoms with Crippen molar-refractivity contribution in [2.24, 2.45) is 0 Å². The molecular formula is C7H9NO4. The molecule has 0 atom stereocenters. The minimum atomic E-state index is -0.572. The lowest BCUT2D eigenvalue weighted by Gasteiger charge is -1.97. The zero-order valence-corrected chi connectivity index (χ0v) is 6.40. The van der Waals surface area contributed by atoms with Crippen molar-refractivity contribution < 1.29 is 19.2 Å². The van der Waals surface area contributed by atoms with E-state index in [2.05, 4.69) is 14.4 Å². The third-order valence-corrected chi connectivity index (χ3v) is 1.30. The smallest absolute Gasteiger partial charge is 0.308 e. The molecule has 1 N–H and O–H groups in total. The summed E-state index contributed by atoms with van der Waals surface area (Å²) < 4.78 is 8.85. The summed E-state index contributed by atoms with van der Waals surface area (Å²) in [5, 5.41) is 11.8. The largest absolute Gasteiger partial charge is 0.439 e. The van der Waals surface area contributed by atoms with Crippen molar-refractivity contribution >= 4 is 5.97 Å². The molecule has 5 nitrogen and oxygen atoms in total. The summed E-state index contributed by atoms with van der Waals surface area (Å²) in [5.41, 5.74) is 0.699. The zero-order valence-electron chi connectivity index (χ0n) is 6.40.